The monoisotopic (exact) mass is 574 g/mol. The summed E-state index contributed by atoms with van der Waals surface area (Å²) < 4.78 is 16.2. The molecule has 3 aromatic carbocycles. The van der Waals surface area contributed by atoms with Gasteiger partial charge in [0.25, 0.3) is 5.91 Å². The van der Waals surface area contributed by atoms with E-state index in [1.807, 2.05) is 72.8 Å². The zero-order valence-corrected chi connectivity index (χ0v) is 23.9. The van der Waals surface area contributed by atoms with Crippen molar-refractivity contribution in [3.8, 4) is 0 Å². The molecule has 3 aromatic rings. The Morgan fingerprint density at radius 2 is 1.62 bits per heavy atom. The van der Waals surface area contributed by atoms with Crippen molar-refractivity contribution in [2.45, 2.75) is 36.9 Å². The van der Waals surface area contributed by atoms with Gasteiger partial charge < -0.3 is 30.6 Å². The molecular formula is C32H38N4O6. The predicted octanol–water partition coefficient (Wildman–Crippen LogP) is 3.59. The van der Waals surface area contributed by atoms with Crippen LogP contribution in [-0.2, 0) is 25.4 Å². The number of hydrogen-bond acceptors (Lipinski definition) is 8. The van der Waals surface area contributed by atoms with Crippen LogP contribution < -0.4 is 21.3 Å². The molecule has 4 rings (SSSR count). The van der Waals surface area contributed by atoms with Gasteiger partial charge >= 0.3 is 12.2 Å². The molecule has 1 aliphatic rings. The van der Waals surface area contributed by atoms with Crippen LogP contribution in [0.2, 0.25) is 0 Å². The van der Waals surface area contributed by atoms with Gasteiger partial charge in [0.15, 0.2) is 0 Å². The molecule has 0 spiro atoms. The molecule has 4 N–H and O–H groups in total. The van der Waals surface area contributed by atoms with Crippen LogP contribution in [0, 0.1) is 0 Å². The summed E-state index contributed by atoms with van der Waals surface area (Å²) in [7, 11) is 2.75. The van der Waals surface area contributed by atoms with Gasteiger partial charge in [0, 0.05) is 19.5 Å². The number of para-hydroxylation sites is 1. The number of anilines is 1. The molecule has 0 unspecified atom stereocenters. The number of hydrogen-bond donors (Lipinski definition) is 3. The number of imide groups is 1. The van der Waals surface area contributed by atoms with E-state index in [0.717, 1.165) is 21.6 Å². The van der Waals surface area contributed by atoms with E-state index in [-0.39, 0.29) is 18.8 Å². The van der Waals surface area contributed by atoms with Gasteiger partial charge in [-0.05, 0) is 35.6 Å². The van der Waals surface area contributed by atoms with Crippen molar-refractivity contribution in [2.24, 2.45) is 5.73 Å². The molecule has 3 amide bonds. The summed E-state index contributed by atoms with van der Waals surface area (Å²) in [6, 6.07) is 25.2. The van der Waals surface area contributed by atoms with Crippen LogP contribution in [0.5, 0.6) is 0 Å². The van der Waals surface area contributed by atoms with Gasteiger partial charge in [-0.15, -0.1) is 0 Å². The summed E-state index contributed by atoms with van der Waals surface area (Å²) in [6.07, 6.45) is -0.215. The van der Waals surface area contributed by atoms with Gasteiger partial charge in [-0.25, -0.2) is 14.5 Å². The van der Waals surface area contributed by atoms with E-state index in [4.69, 9.17) is 19.9 Å². The Kier molecular flexibility index (Phi) is 11.0. The molecule has 1 aliphatic heterocycles. The van der Waals surface area contributed by atoms with Crippen LogP contribution >= 0.6 is 0 Å². The molecule has 1 saturated heterocycles. The van der Waals surface area contributed by atoms with E-state index in [9.17, 15) is 14.4 Å². The van der Waals surface area contributed by atoms with Crippen LogP contribution in [0.3, 0.4) is 0 Å². The molecule has 10 nitrogen and oxygen atoms in total. The van der Waals surface area contributed by atoms with E-state index in [2.05, 4.69) is 10.6 Å². The number of rotatable bonds is 10. The van der Waals surface area contributed by atoms with Gasteiger partial charge in [-0.3, -0.25) is 4.79 Å². The number of nitrogens with one attached hydrogen (secondary N) is 2. The lowest BCUT2D eigenvalue weighted by Gasteiger charge is -2.31. The third kappa shape index (κ3) is 7.73. The first-order valence-corrected chi connectivity index (χ1v) is 14.0. The smallest absolute Gasteiger partial charge is 0.420 e. The first-order chi connectivity index (χ1) is 20.4. The first-order valence-electron chi connectivity index (χ1n) is 14.0. The second kappa shape index (κ2) is 15.1. The number of methoxy groups -OCH3 is 1. The van der Waals surface area contributed by atoms with Crippen molar-refractivity contribution < 1.29 is 28.6 Å². The quantitative estimate of drug-likeness (QED) is 0.335. The summed E-state index contributed by atoms with van der Waals surface area (Å²) in [6.45, 7) is 1.17. The minimum atomic E-state index is -1.07. The Balaban J connectivity index is 1.51. The fourth-order valence-corrected chi connectivity index (χ4v) is 5.08. The van der Waals surface area contributed by atoms with Crippen molar-refractivity contribution in [3.05, 3.63) is 102 Å². The van der Waals surface area contributed by atoms with Crippen molar-refractivity contribution in [1.29, 1.82) is 0 Å². The lowest BCUT2D eigenvalue weighted by molar-refractivity contribution is -0.119. The standard InChI is InChI=1S/C32H38N4O6/c1-34-31(38)42-21-25-20-41-26(19-35-25)18-17-22-11-9-10-16-27(22)36(32(39)40-2)30(37)29(33)28(23-12-5-3-6-13-23)24-14-7-4-8-15-24/h3-16,25-26,28-29,35H,17-21,33H2,1-2H3,(H,34,38)/t25-,26+,29-/m0/s1. The lowest BCUT2D eigenvalue weighted by atomic mass is 9.84. The SMILES string of the molecule is CNC(=O)OC[C@@H]1CO[C@H](CCc2ccccc2N(C(=O)OC)C(=O)[C@@H](N)C(c2ccccc2)c2ccccc2)CN1. The van der Waals surface area contributed by atoms with Crippen molar-refractivity contribution in [2.75, 3.05) is 38.8 Å². The van der Waals surface area contributed by atoms with E-state index in [1.54, 1.807) is 12.1 Å². The summed E-state index contributed by atoms with van der Waals surface area (Å²) in [5, 5.41) is 5.76. The molecule has 10 heteroatoms. The van der Waals surface area contributed by atoms with Gasteiger partial charge in [0.2, 0.25) is 0 Å². The Labute approximate surface area is 246 Å². The Hall–Kier alpha value is -4.25. The number of nitrogens with two attached hydrogens (primary N) is 1. The molecule has 1 heterocycles. The van der Waals surface area contributed by atoms with Gasteiger partial charge in [0.1, 0.15) is 6.61 Å². The third-order valence-corrected chi connectivity index (χ3v) is 7.29. The second-order valence-corrected chi connectivity index (χ2v) is 10.0. The highest BCUT2D eigenvalue weighted by Crippen LogP contribution is 2.31. The number of carbonyl (C=O) groups excluding carboxylic acids is 3. The normalized spacial score (nSPS) is 17.2. The molecule has 0 bridgehead atoms. The Morgan fingerprint density at radius 3 is 2.19 bits per heavy atom. The molecule has 1 fully saturated rings. The average molecular weight is 575 g/mol. The van der Waals surface area contributed by atoms with Crippen LogP contribution in [-0.4, -0.2) is 70.2 Å². The van der Waals surface area contributed by atoms with E-state index >= 15 is 0 Å². The van der Waals surface area contributed by atoms with Crippen LogP contribution in [0.15, 0.2) is 84.9 Å². The molecule has 0 radical (unpaired) electrons. The maximum atomic E-state index is 14.1. The third-order valence-electron chi connectivity index (χ3n) is 7.29. The Bertz CT molecular complexity index is 1280. The van der Waals surface area contributed by atoms with E-state index in [1.165, 1.54) is 14.2 Å². The minimum absolute atomic E-state index is 0.0954. The maximum Gasteiger partial charge on any atom is 0.420 e. The zero-order chi connectivity index (χ0) is 29.9. The number of nitrogens with zero attached hydrogens (tertiary/aromatic N) is 1. The fraction of sp³-hybridized carbons (Fsp3) is 0.344. The van der Waals surface area contributed by atoms with E-state index in [0.29, 0.717) is 31.7 Å². The topological polar surface area (TPSA) is 132 Å². The predicted molar refractivity (Wildman–Crippen MR) is 159 cm³/mol. The molecule has 222 valence electrons. The molecule has 42 heavy (non-hydrogen) atoms. The summed E-state index contributed by atoms with van der Waals surface area (Å²) in [5.74, 6) is -1.05. The molecule has 0 aliphatic carbocycles. The Morgan fingerprint density at radius 1 is 1.00 bits per heavy atom. The number of carbonyl (C=O) groups is 3. The van der Waals surface area contributed by atoms with Crippen LogP contribution in [0.1, 0.15) is 29.0 Å². The number of morpholine rings is 1. The molecule has 0 aromatic heterocycles. The number of ether oxygens (including phenoxy) is 3. The van der Waals surface area contributed by atoms with Crippen molar-refractivity contribution >= 4 is 23.8 Å². The fourth-order valence-electron chi connectivity index (χ4n) is 5.08. The lowest BCUT2D eigenvalue weighted by Crippen LogP contribution is -2.50. The maximum absolute atomic E-state index is 14.1. The summed E-state index contributed by atoms with van der Waals surface area (Å²) in [4.78, 5) is 39.6. The highest BCUT2D eigenvalue weighted by atomic mass is 16.6. The van der Waals surface area contributed by atoms with Crippen LogP contribution in [0.4, 0.5) is 15.3 Å². The summed E-state index contributed by atoms with van der Waals surface area (Å²) in [5.41, 5.74) is 9.64. The highest BCUT2D eigenvalue weighted by molar-refractivity contribution is 6.15. The van der Waals surface area contributed by atoms with Crippen molar-refractivity contribution in [1.82, 2.24) is 10.6 Å². The molecule has 0 saturated carbocycles. The minimum Gasteiger partial charge on any atom is -0.452 e. The molecular weight excluding hydrogens is 536 g/mol. The number of benzene rings is 3. The average Bonchev–Trinajstić information content (AvgIpc) is 3.04. The van der Waals surface area contributed by atoms with Gasteiger partial charge in [0.05, 0.1) is 37.6 Å². The summed E-state index contributed by atoms with van der Waals surface area (Å²) >= 11 is 0. The van der Waals surface area contributed by atoms with Crippen LogP contribution in [0.25, 0.3) is 0 Å². The second-order valence-electron chi connectivity index (χ2n) is 10.0. The number of aryl methyl sites for hydroxylation is 1. The van der Waals surface area contributed by atoms with Gasteiger partial charge in [-0.2, -0.15) is 0 Å². The van der Waals surface area contributed by atoms with Gasteiger partial charge in [-0.1, -0.05) is 78.9 Å². The van der Waals surface area contributed by atoms with E-state index < -0.39 is 30.1 Å². The first kappa shape index (κ1) is 30.7. The van der Waals surface area contributed by atoms with Crippen molar-refractivity contribution in [3.63, 3.8) is 0 Å². The number of amides is 3. The largest absolute Gasteiger partial charge is 0.452 e. The molecule has 3 atom stereocenters. The number of alkyl carbamates (subject to hydrolysis) is 1. The zero-order valence-electron chi connectivity index (χ0n) is 23.9. The highest BCUT2D eigenvalue weighted by Gasteiger charge is 2.36.